The van der Waals surface area contributed by atoms with Gasteiger partial charge in [0.25, 0.3) is 0 Å². The zero-order chi connectivity index (χ0) is 22.9. The van der Waals surface area contributed by atoms with E-state index >= 15 is 0 Å². The van der Waals surface area contributed by atoms with Crippen molar-refractivity contribution >= 4 is 33.9 Å². The standard InChI is InChI=1S/C23H23ClN4O4S/c1-2-31-22(30)15-5-3-11-27(13-15)18(14-7-9-16(24)10-8-14)19-21(29)28-23(33-19)25-20(26-28)17-6-4-12-32-17/h4,6-10,12,15,18,29H,2-3,5,11,13H2,1H3/t15-,18+/m0/s1. The van der Waals surface area contributed by atoms with Crippen molar-refractivity contribution < 1.29 is 19.1 Å². The van der Waals surface area contributed by atoms with E-state index in [0.717, 1.165) is 24.9 Å². The van der Waals surface area contributed by atoms with Gasteiger partial charge in [0.2, 0.25) is 16.7 Å². The molecule has 0 amide bonds. The van der Waals surface area contributed by atoms with Gasteiger partial charge in [-0.15, -0.1) is 5.10 Å². The Hall–Kier alpha value is -2.88. The van der Waals surface area contributed by atoms with Gasteiger partial charge in [0, 0.05) is 11.6 Å². The van der Waals surface area contributed by atoms with Crippen molar-refractivity contribution in [3.8, 4) is 17.5 Å². The number of benzene rings is 1. The van der Waals surface area contributed by atoms with Crippen LogP contribution < -0.4 is 0 Å². The van der Waals surface area contributed by atoms with E-state index in [0.29, 0.717) is 39.6 Å². The number of nitrogens with zero attached hydrogens (tertiary/aromatic N) is 4. The van der Waals surface area contributed by atoms with Crippen molar-refractivity contribution in [2.24, 2.45) is 5.92 Å². The first kappa shape index (κ1) is 21.9. The highest BCUT2D eigenvalue weighted by Gasteiger charge is 2.35. The van der Waals surface area contributed by atoms with E-state index in [-0.39, 0.29) is 23.8 Å². The van der Waals surface area contributed by atoms with E-state index in [1.165, 1.54) is 15.9 Å². The van der Waals surface area contributed by atoms with Crippen molar-refractivity contribution in [3.63, 3.8) is 0 Å². The monoisotopic (exact) mass is 486 g/mol. The summed E-state index contributed by atoms with van der Waals surface area (Å²) in [6.07, 6.45) is 3.21. The third-order valence-corrected chi connectivity index (χ3v) is 7.14. The summed E-state index contributed by atoms with van der Waals surface area (Å²) in [6, 6.07) is 10.8. The first-order valence-corrected chi connectivity index (χ1v) is 12.0. The summed E-state index contributed by atoms with van der Waals surface area (Å²) in [6.45, 7) is 3.51. The van der Waals surface area contributed by atoms with E-state index in [9.17, 15) is 9.90 Å². The number of thiazole rings is 1. The summed E-state index contributed by atoms with van der Waals surface area (Å²) < 4.78 is 12.1. The van der Waals surface area contributed by atoms with Crippen LogP contribution in [0.25, 0.3) is 16.5 Å². The SMILES string of the molecule is CCOC(=O)[C@H]1CCCN([C@H](c2ccc(Cl)cc2)c2sc3nc(-c4ccco4)nn3c2O)C1. The Balaban J connectivity index is 1.54. The van der Waals surface area contributed by atoms with Crippen LogP contribution in [0.1, 0.15) is 36.2 Å². The van der Waals surface area contributed by atoms with E-state index in [4.69, 9.17) is 20.8 Å². The quantitative estimate of drug-likeness (QED) is 0.392. The highest BCUT2D eigenvalue weighted by molar-refractivity contribution is 7.17. The molecule has 1 aliphatic heterocycles. The Labute approximate surface area is 199 Å². The molecule has 172 valence electrons. The van der Waals surface area contributed by atoms with E-state index in [2.05, 4.69) is 15.0 Å². The summed E-state index contributed by atoms with van der Waals surface area (Å²) in [5, 5.41) is 16.2. The number of likely N-dealkylation sites (tertiary alicyclic amines) is 1. The molecule has 1 aliphatic rings. The largest absolute Gasteiger partial charge is 0.492 e. The molecule has 4 heterocycles. The minimum atomic E-state index is -0.278. The van der Waals surface area contributed by atoms with Crippen LogP contribution in [0.5, 0.6) is 5.88 Å². The smallest absolute Gasteiger partial charge is 0.310 e. The van der Waals surface area contributed by atoms with Gasteiger partial charge in [-0.3, -0.25) is 9.69 Å². The molecule has 0 aliphatic carbocycles. The van der Waals surface area contributed by atoms with Gasteiger partial charge >= 0.3 is 5.97 Å². The van der Waals surface area contributed by atoms with E-state index < -0.39 is 0 Å². The molecule has 5 rings (SSSR count). The van der Waals surface area contributed by atoms with Crippen LogP contribution in [0.4, 0.5) is 0 Å². The fourth-order valence-corrected chi connectivity index (χ4v) is 5.55. The predicted molar refractivity (Wildman–Crippen MR) is 124 cm³/mol. The zero-order valence-electron chi connectivity index (χ0n) is 18.0. The zero-order valence-corrected chi connectivity index (χ0v) is 19.6. The molecule has 0 radical (unpaired) electrons. The number of aromatic nitrogens is 3. The average molecular weight is 487 g/mol. The molecule has 0 bridgehead atoms. The van der Waals surface area contributed by atoms with Gasteiger partial charge < -0.3 is 14.3 Å². The summed E-state index contributed by atoms with van der Waals surface area (Å²) in [5.41, 5.74) is 0.968. The lowest BCUT2D eigenvalue weighted by Crippen LogP contribution is -2.41. The summed E-state index contributed by atoms with van der Waals surface area (Å²) >= 11 is 7.51. The Bertz CT molecular complexity index is 1250. The van der Waals surface area contributed by atoms with Crippen LogP contribution in [0.3, 0.4) is 0 Å². The molecule has 4 aromatic rings. The maximum Gasteiger partial charge on any atom is 0.310 e. The second-order valence-corrected chi connectivity index (χ2v) is 9.38. The van der Waals surface area contributed by atoms with Crippen LogP contribution >= 0.6 is 22.9 Å². The molecule has 0 spiro atoms. The van der Waals surface area contributed by atoms with Gasteiger partial charge in [-0.05, 0) is 56.1 Å². The third kappa shape index (κ3) is 4.23. The van der Waals surface area contributed by atoms with Gasteiger partial charge in [0.05, 0.1) is 29.7 Å². The summed E-state index contributed by atoms with van der Waals surface area (Å²) in [7, 11) is 0. The molecule has 10 heteroatoms. The second-order valence-electron chi connectivity index (χ2n) is 7.94. The maximum atomic E-state index is 12.5. The Morgan fingerprint density at radius 2 is 2.18 bits per heavy atom. The molecule has 8 nitrogen and oxygen atoms in total. The molecule has 0 saturated carbocycles. The van der Waals surface area contributed by atoms with Crippen LogP contribution in [0.15, 0.2) is 47.1 Å². The Morgan fingerprint density at radius 1 is 1.36 bits per heavy atom. The van der Waals surface area contributed by atoms with Crippen LogP contribution in [0.2, 0.25) is 5.02 Å². The lowest BCUT2D eigenvalue weighted by molar-refractivity contribution is -0.150. The fourth-order valence-electron chi connectivity index (χ4n) is 4.30. The van der Waals surface area contributed by atoms with Gasteiger partial charge in [0.1, 0.15) is 0 Å². The number of ether oxygens (including phenoxy) is 1. The number of fused-ring (bicyclic) bond motifs is 1. The summed E-state index contributed by atoms with van der Waals surface area (Å²) in [4.78, 5) is 20.5. The molecule has 2 atom stereocenters. The van der Waals surface area contributed by atoms with Crippen molar-refractivity contribution in [2.45, 2.75) is 25.8 Å². The van der Waals surface area contributed by atoms with Crippen LogP contribution in [0, 0.1) is 5.92 Å². The number of hydrogen-bond donors (Lipinski definition) is 1. The Kier molecular flexibility index (Phi) is 6.09. The van der Waals surface area contributed by atoms with Gasteiger partial charge in [-0.1, -0.05) is 35.1 Å². The molecule has 1 N–H and O–H groups in total. The third-order valence-electron chi connectivity index (χ3n) is 5.81. The molecular formula is C23H23ClN4O4S. The van der Waals surface area contributed by atoms with E-state index in [1.54, 1.807) is 18.4 Å². The molecule has 3 aromatic heterocycles. The van der Waals surface area contributed by atoms with Crippen LogP contribution in [-0.4, -0.2) is 50.3 Å². The lowest BCUT2D eigenvalue weighted by Gasteiger charge is -2.37. The highest BCUT2D eigenvalue weighted by atomic mass is 35.5. The topological polar surface area (TPSA) is 93.1 Å². The maximum absolute atomic E-state index is 12.5. The fraction of sp³-hybridized carbons (Fsp3) is 0.348. The van der Waals surface area contributed by atoms with Gasteiger partial charge in [0.15, 0.2) is 5.76 Å². The van der Waals surface area contributed by atoms with E-state index in [1.807, 2.05) is 31.2 Å². The predicted octanol–water partition coefficient (Wildman–Crippen LogP) is 4.77. The number of esters is 1. The number of hydrogen-bond acceptors (Lipinski definition) is 8. The summed E-state index contributed by atoms with van der Waals surface area (Å²) in [5.74, 6) is 0.597. The van der Waals surface area contributed by atoms with Gasteiger partial charge in [-0.2, -0.15) is 9.50 Å². The molecular weight excluding hydrogens is 464 g/mol. The molecule has 1 saturated heterocycles. The highest BCUT2D eigenvalue weighted by Crippen LogP contribution is 2.42. The Morgan fingerprint density at radius 3 is 2.88 bits per heavy atom. The number of halogens is 1. The van der Waals surface area contributed by atoms with Gasteiger partial charge in [-0.25, -0.2) is 0 Å². The number of aromatic hydroxyl groups is 1. The average Bonchev–Trinajstić information content (AvgIpc) is 3.55. The first-order chi connectivity index (χ1) is 16.0. The van der Waals surface area contributed by atoms with Crippen molar-refractivity contribution in [3.05, 3.63) is 58.1 Å². The first-order valence-electron chi connectivity index (χ1n) is 10.8. The molecule has 0 unspecified atom stereocenters. The number of rotatable bonds is 6. The van der Waals surface area contributed by atoms with Crippen molar-refractivity contribution in [1.82, 2.24) is 19.5 Å². The number of carbonyl (C=O) groups is 1. The minimum absolute atomic E-state index is 0.0264. The van der Waals surface area contributed by atoms with Crippen LogP contribution in [-0.2, 0) is 9.53 Å². The van der Waals surface area contributed by atoms with Crippen molar-refractivity contribution in [1.29, 1.82) is 0 Å². The molecule has 33 heavy (non-hydrogen) atoms. The van der Waals surface area contributed by atoms with Crippen molar-refractivity contribution in [2.75, 3.05) is 19.7 Å². The lowest BCUT2D eigenvalue weighted by atomic mass is 9.94. The molecule has 1 fully saturated rings. The number of carbonyl (C=O) groups excluding carboxylic acids is 1. The normalized spacial score (nSPS) is 17.9. The second kappa shape index (κ2) is 9.17. The minimum Gasteiger partial charge on any atom is -0.492 e. The number of piperidine rings is 1. The molecule has 1 aromatic carbocycles. The number of furan rings is 1.